The molecule has 0 aromatic carbocycles. The van der Waals surface area contributed by atoms with Crippen molar-refractivity contribution < 1.29 is 17.9 Å². The van der Waals surface area contributed by atoms with Gasteiger partial charge in [0, 0.05) is 13.2 Å². The first-order valence-electron chi connectivity index (χ1n) is 4.96. The fourth-order valence-electron chi connectivity index (χ4n) is 1.17. The van der Waals surface area contributed by atoms with E-state index in [1.165, 1.54) is 6.33 Å². The quantitative estimate of drug-likeness (QED) is 0.656. The number of anilines is 1. The SMILES string of the molecule is Nc1c(Cl)ncn(CCCOCC(F)(F)F)c1=O. The normalized spacial score (nSPS) is 11.8. The van der Waals surface area contributed by atoms with Crippen molar-refractivity contribution >= 4 is 17.3 Å². The fourth-order valence-corrected chi connectivity index (χ4v) is 1.29. The number of rotatable bonds is 5. The lowest BCUT2D eigenvalue weighted by Crippen LogP contribution is -2.24. The number of aryl methyl sites for hydroxylation is 1. The molecule has 0 unspecified atom stereocenters. The van der Waals surface area contributed by atoms with Gasteiger partial charge in [-0.05, 0) is 6.42 Å². The van der Waals surface area contributed by atoms with Gasteiger partial charge >= 0.3 is 6.18 Å². The van der Waals surface area contributed by atoms with E-state index in [-0.39, 0.29) is 30.4 Å². The smallest absolute Gasteiger partial charge is 0.392 e. The largest absolute Gasteiger partial charge is 0.411 e. The van der Waals surface area contributed by atoms with Crippen LogP contribution in [0.25, 0.3) is 0 Å². The summed E-state index contributed by atoms with van der Waals surface area (Å²) < 4.78 is 40.8. The number of hydrogen-bond donors (Lipinski definition) is 1. The molecule has 1 rings (SSSR count). The zero-order valence-corrected chi connectivity index (χ0v) is 9.96. The van der Waals surface area contributed by atoms with Crippen molar-refractivity contribution in [1.29, 1.82) is 0 Å². The summed E-state index contributed by atoms with van der Waals surface area (Å²) in [5.41, 5.74) is 4.66. The Hall–Kier alpha value is -1.28. The van der Waals surface area contributed by atoms with E-state index in [0.29, 0.717) is 0 Å². The first-order chi connectivity index (χ1) is 8.31. The average molecular weight is 286 g/mol. The first kappa shape index (κ1) is 14.8. The van der Waals surface area contributed by atoms with E-state index in [9.17, 15) is 18.0 Å². The molecule has 0 aliphatic carbocycles. The molecule has 0 aliphatic rings. The maximum Gasteiger partial charge on any atom is 0.411 e. The van der Waals surface area contributed by atoms with Gasteiger partial charge in [-0.1, -0.05) is 11.6 Å². The Labute approximate surface area is 105 Å². The topological polar surface area (TPSA) is 70.1 Å². The summed E-state index contributed by atoms with van der Waals surface area (Å²) in [5.74, 6) is 0. The number of alkyl halides is 3. The number of hydrogen-bond acceptors (Lipinski definition) is 4. The van der Waals surface area contributed by atoms with E-state index in [1.54, 1.807) is 0 Å². The summed E-state index contributed by atoms with van der Waals surface area (Å²) in [6.45, 7) is -1.26. The van der Waals surface area contributed by atoms with Gasteiger partial charge < -0.3 is 10.5 Å². The summed E-state index contributed by atoms with van der Waals surface area (Å²) in [6, 6.07) is 0. The molecule has 102 valence electrons. The zero-order chi connectivity index (χ0) is 13.8. The predicted octanol–water partition coefficient (Wildman–Crippen LogP) is 1.45. The van der Waals surface area contributed by atoms with Crippen molar-refractivity contribution in [1.82, 2.24) is 9.55 Å². The Kier molecular flexibility index (Phi) is 4.97. The van der Waals surface area contributed by atoms with Crippen LogP contribution in [0.5, 0.6) is 0 Å². The molecule has 0 amide bonds. The lowest BCUT2D eigenvalue weighted by molar-refractivity contribution is -0.174. The highest BCUT2D eigenvalue weighted by Crippen LogP contribution is 2.14. The van der Waals surface area contributed by atoms with E-state index in [2.05, 4.69) is 9.72 Å². The third-order valence-electron chi connectivity index (χ3n) is 1.98. The van der Waals surface area contributed by atoms with Crippen LogP contribution in [0.15, 0.2) is 11.1 Å². The molecule has 2 N–H and O–H groups in total. The van der Waals surface area contributed by atoms with E-state index in [1.807, 2.05) is 0 Å². The standard InChI is InChI=1S/C9H11ClF3N3O2/c10-7-6(14)8(17)16(5-15-7)2-1-3-18-4-9(11,12)13/h5H,1-4,14H2. The highest BCUT2D eigenvalue weighted by Gasteiger charge is 2.27. The maximum absolute atomic E-state index is 11.7. The van der Waals surface area contributed by atoms with Crippen molar-refractivity contribution in [2.24, 2.45) is 0 Å². The van der Waals surface area contributed by atoms with Crippen LogP contribution in [0, 0.1) is 0 Å². The van der Waals surface area contributed by atoms with Gasteiger partial charge in [-0.15, -0.1) is 0 Å². The Morgan fingerprint density at radius 3 is 2.78 bits per heavy atom. The second-order valence-corrected chi connectivity index (χ2v) is 3.83. The van der Waals surface area contributed by atoms with Crippen molar-refractivity contribution in [3.8, 4) is 0 Å². The van der Waals surface area contributed by atoms with Crippen LogP contribution in [0.4, 0.5) is 18.9 Å². The van der Waals surface area contributed by atoms with Crippen LogP contribution < -0.4 is 11.3 Å². The Bertz CT molecular complexity index is 461. The van der Waals surface area contributed by atoms with Gasteiger partial charge in [0.15, 0.2) is 5.15 Å². The second-order valence-electron chi connectivity index (χ2n) is 3.47. The first-order valence-corrected chi connectivity index (χ1v) is 5.34. The van der Waals surface area contributed by atoms with Gasteiger partial charge in [0.25, 0.3) is 5.56 Å². The van der Waals surface area contributed by atoms with Gasteiger partial charge in [-0.3, -0.25) is 9.36 Å². The van der Waals surface area contributed by atoms with Crippen LogP contribution in [-0.4, -0.2) is 28.9 Å². The molecule has 18 heavy (non-hydrogen) atoms. The minimum atomic E-state index is -4.34. The molecule has 0 radical (unpaired) electrons. The summed E-state index contributed by atoms with van der Waals surface area (Å²) in [4.78, 5) is 15.2. The Morgan fingerprint density at radius 2 is 2.17 bits per heavy atom. The molecular weight excluding hydrogens is 275 g/mol. The van der Waals surface area contributed by atoms with Crippen molar-refractivity contribution in [3.05, 3.63) is 21.8 Å². The molecule has 5 nitrogen and oxygen atoms in total. The summed E-state index contributed by atoms with van der Waals surface area (Å²) in [5, 5.41) is -0.0930. The number of aromatic nitrogens is 2. The van der Waals surface area contributed by atoms with Gasteiger partial charge in [-0.25, -0.2) is 4.98 Å². The lowest BCUT2D eigenvalue weighted by atomic mass is 10.4. The average Bonchev–Trinajstić information content (AvgIpc) is 2.27. The predicted molar refractivity (Wildman–Crippen MR) is 59.4 cm³/mol. The molecular formula is C9H11ClF3N3O2. The van der Waals surface area contributed by atoms with Gasteiger partial charge in [0.2, 0.25) is 0 Å². The molecule has 0 atom stereocenters. The van der Waals surface area contributed by atoms with E-state index >= 15 is 0 Å². The number of nitrogen functional groups attached to an aromatic ring is 1. The third kappa shape index (κ3) is 4.53. The van der Waals surface area contributed by atoms with Crippen LogP contribution in [-0.2, 0) is 11.3 Å². The molecule has 0 aliphatic heterocycles. The summed E-state index contributed by atoms with van der Waals surface area (Å²) in [7, 11) is 0. The lowest BCUT2D eigenvalue weighted by Gasteiger charge is -2.09. The molecule has 0 spiro atoms. The number of nitrogens with two attached hydrogens (primary N) is 1. The van der Waals surface area contributed by atoms with E-state index in [4.69, 9.17) is 17.3 Å². The minimum absolute atomic E-state index is 0.0930. The zero-order valence-electron chi connectivity index (χ0n) is 9.21. The molecule has 1 aromatic rings. The number of nitrogens with zero attached hydrogens (tertiary/aromatic N) is 2. The monoisotopic (exact) mass is 285 g/mol. The van der Waals surface area contributed by atoms with Crippen molar-refractivity contribution in [2.45, 2.75) is 19.1 Å². The van der Waals surface area contributed by atoms with Crippen LogP contribution in [0.1, 0.15) is 6.42 Å². The van der Waals surface area contributed by atoms with Gasteiger partial charge in [0.1, 0.15) is 12.3 Å². The van der Waals surface area contributed by atoms with Crippen LogP contribution in [0.3, 0.4) is 0 Å². The van der Waals surface area contributed by atoms with Gasteiger partial charge in [-0.2, -0.15) is 13.2 Å². The molecule has 0 bridgehead atoms. The highest BCUT2D eigenvalue weighted by atomic mass is 35.5. The molecule has 0 fully saturated rings. The summed E-state index contributed by atoms with van der Waals surface area (Å²) in [6.07, 6.45) is -2.92. The second kappa shape index (κ2) is 6.05. The maximum atomic E-state index is 11.7. The Morgan fingerprint density at radius 1 is 1.50 bits per heavy atom. The third-order valence-corrected chi connectivity index (χ3v) is 2.28. The van der Waals surface area contributed by atoms with E-state index in [0.717, 1.165) is 4.57 Å². The molecule has 0 saturated heterocycles. The van der Waals surface area contributed by atoms with Crippen LogP contribution >= 0.6 is 11.6 Å². The molecule has 1 heterocycles. The fraction of sp³-hybridized carbons (Fsp3) is 0.556. The molecule has 1 aromatic heterocycles. The van der Waals surface area contributed by atoms with Crippen molar-refractivity contribution in [3.63, 3.8) is 0 Å². The number of ether oxygens (including phenoxy) is 1. The Balaban J connectivity index is 2.41. The van der Waals surface area contributed by atoms with Gasteiger partial charge in [0.05, 0.1) is 6.33 Å². The minimum Gasteiger partial charge on any atom is -0.392 e. The van der Waals surface area contributed by atoms with E-state index < -0.39 is 18.3 Å². The van der Waals surface area contributed by atoms with Crippen molar-refractivity contribution in [2.75, 3.05) is 18.9 Å². The number of halogens is 4. The molecule has 0 saturated carbocycles. The molecule has 9 heteroatoms. The highest BCUT2D eigenvalue weighted by molar-refractivity contribution is 6.31. The van der Waals surface area contributed by atoms with Crippen LogP contribution in [0.2, 0.25) is 5.15 Å². The summed E-state index contributed by atoms with van der Waals surface area (Å²) >= 11 is 5.52.